The molecular formula is C18H16BrN5O3S. The van der Waals surface area contributed by atoms with E-state index in [4.69, 9.17) is 0 Å². The van der Waals surface area contributed by atoms with Gasteiger partial charge in [0.2, 0.25) is 0 Å². The first kappa shape index (κ1) is 20.0. The van der Waals surface area contributed by atoms with E-state index < -0.39 is 4.92 Å². The van der Waals surface area contributed by atoms with E-state index in [0.29, 0.717) is 16.6 Å². The standard InChI is InChI=1S/C18H16BrN5O3S/c1-22(10-13-5-3-4-6-14(13)19)17(25)12-7-8-16(15(9-12)24(26)27)28-18-21-20-11-23(18)2/h3-9,11H,10H2,1-2H3. The summed E-state index contributed by atoms with van der Waals surface area (Å²) < 4.78 is 2.56. The second kappa shape index (κ2) is 8.53. The zero-order valence-corrected chi connectivity index (χ0v) is 17.5. The Kier molecular flexibility index (Phi) is 6.10. The molecule has 0 N–H and O–H groups in total. The molecule has 3 aromatic rings. The van der Waals surface area contributed by atoms with E-state index in [-0.39, 0.29) is 17.2 Å². The largest absolute Gasteiger partial charge is 0.337 e. The topological polar surface area (TPSA) is 94.2 Å². The molecule has 0 spiro atoms. The first-order chi connectivity index (χ1) is 13.4. The molecule has 2 aromatic carbocycles. The third-order valence-electron chi connectivity index (χ3n) is 3.99. The predicted octanol–water partition coefficient (Wildman–Crippen LogP) is 3.91. The molecule has 1 aromatic heterocycles. The second-order valence-corrected chi connectivity index (χ2v) is 7.88. The van der Waals surface area contributed by atoms with Crippen LogP contribution in [0.5, 0.6) is 0 Å². The molecule has 144 valence electrons. The van der Waals surface area contributed by atoms with Gasteiger partial charge in [-0.2, -0.15) is 0 Å². The number of amides is 1. The van der Waals surface area contributed by atoms with Crippen LogP contribution in [0, 0.1) is 10.1 Å². The maximum Gasteiger partial charge on any atom is 0.284 e. The van der Waals surface area contributed by atoms with Crippen LogP contribution < -0.4 is 0 Å². The lowest BCUT2D eigenvalue weighted by atomic mass is 10.1. The number of aryl methyl sites for hydroxylation is 1. The third kappa shape index (κ3) is 4.39. The number of benzene rings is 2. The van der Waals surface area contributed by atoms with E-state index >= 15 is 0 Å². The van der Waals surface area contributed by atoms with Gasteiger partial charge in [0.25, 0.3) is 11.6 Å². The highest BCUT2D eigenvalue weighted by molar-refractivity contribution is 9.10. The van der Waals surface area contributed by atoms with Crippen molar-refractivity contribution in [1.29, 1.82) is 0 Å². The number of carbonyl (C=O) groups excluding carboxylic acids is 1. The quantitative estimate of drug-likeness (QED) is 0.407. The SMILES string of the molecule is CN(Cc1ccccc1Br)C(=O)c1ccc(Sc2nncn2C)c([N+](=O)[O-])c1. The van der Waals surface area contributed by atoms with Crippen LogP contribution >= 0.6 is 27.7 Å². The van der Waals surface area contributed by atoms with Crippen LogP contribution in [-0.2, 0) is 13.6 Å². The lowest BCUT2D eigenvalue weighted by Crippen LogP contribution is -2.26. The van der Waals surface area contributed by atoms with E-state index in [1.807, 2.05) is 24.3 Å². The average molecular weight is 462 g/mol. The molecule has 3 rings (SSSR count). The van der Waals surface area contributed by atoms with Crippen LogP contribution in [-0.4, -0.2) is 37.5 Å². The number of hydrogen-bond acceptors (Lipinski definition) is 6. The second-order valence-electron chi connectivity index (χ2n) is 6.02. The number of rotatable bonds is 6. The number of nitro groups is 1. The summed E-state index contributed by atoms with van der Waals surface area (Å²) in [6.45, 7) is 0.378. The van der Waals surface area contributed by atoms with Gasteiger partial charge >= 0.3 is 0 Å². The lowest BCUT2D eigenvalue weighted by molar-refractivity contribution is -0.387. The maximum absolute atomic E-state index is 12.8. The van der Waals surface area contributed by atoms with Gasteiger partial charge in [-0.05, 0) is 35.5 Å². The number of aromatic nitrogens is 3. The zero-order valence-electron chi connectivity index (χ0n) is 15.1. The number of halogens is 1. The monoisotopic (exact) mass is 461 g/mol. The van der Waals surface area contributed by atoms with Crippen LogP contribution in [0.15, 0.2) is 63.3 Å². The third-order valence-corrected chi connectivity index (χ3v) is 5.88. The van der Waals surface area contributed by atoms with Gasteiger partial charge in [-0.15, -0.1) is 10.2 Å². The van der Waals surface area contributed by atoms with Gasteiger partial charge in [0.05, 0.1) is 9.82 Å². The molecule has 0 radical (unpaired) electrons. The van der Waals surface area contributed by atoms with E-state index in [0.717, 1.165) is 21.8 Å². The van der Waals surface area contributed by atoms with Gasteiger partial charge in [0.15, 0.2) is 5.16 Å². The normalized spacial score (nSPS) is 10.7. The van der Waals surface area contributed by atoms with Crippen molar-refractivity contribution in [2.24, 2.45) is 7.05 Å². The van der Waals surface area contributed by atoms with Crippen LogP contribution in [0.2, 0.25) is 0 Å². The molecule has 0 aliphatic heterocycles. The van der Waals surface area contributed by atoms with Gasteiger partial charge in [-0.25, -0.2) is 0 Å². The number of nitrogens with zero attached hydrogens (tertiary/aromatic N) is 5. The van der Waals surface area contributed by atoms with E-state index in [9.17, 15) is 14.9 Å². The molecule has 0 saturated heterocycles. The minimum Gasteiger partial charge on any atom is -0.337 e. The highest BCUT2D eigenvalue weighted by Crippen LogP contribution is 2.34. The lowest BCUT2D eigenvalue weighted by Gasteiger charge is -2.18. The fraction of sp³-hybridized carbons (Fsp3) is 0.167. The molecule has 0 aliphatic rings. The number of carbonyl (C=O) groups is 1. The Morgan fingerprint density at radius 3 is 2.71 bits per heavy atom. The molecule has 0 atom stereocenters. The molecule has 10 heteroatoms. The van der Waals surface area contributed by atoms with Gasteiger partial charge in [0, 0.05) is 36.7 Å². The van der Waals surface area contributed by atoms with Crippen molar-refractivity contribution < 1.29 is 9.72 Å². The number of nitro benzene ring substituents is 1. The smallest absolute Gasteiger partial charge is 0.284 e. The summed E-state index contributed by atoms with van der Waals surface area (Å²) in [6, 6.07) is 12.1. The fourth-order valence-electron chi connectivity index (χ4n) is 2.52. The van der Waals surface area contributed by atoms with Crippen molar-refractivity contribution >= 4 is 39.3 Å². The van der Waals surface area contributed by atoms with Gasteiger partial charge in [-0.1, -0.05) is 34.1 Å². The highest BCUT2D eigenvalue weighted by atomic mass is 79.9. The van der Waals surface area contributed by atoms with E-state index in [1.54, 1.807) is 30.8 Å². The molecule has 0 aliphatic carbocycles. The molecular weight excluding hydrogens is 446 g/mol. The van der Waals surface area contributed by atoms with Gasteiger partial charge in [0.1, 0.15) is 6.33 Å². The molecule has 1 amide bonds. The van der Waals surface area contributed by atoms with Gasteiger partial charge in [-0.3, -0.25) is 14.9 Å². The summed E-state index contributed by atoms with van der Waals surface area (Å²) in [7, 11) is 3.42. The number of hydrogen-bond donors (Lipinski definition) is 0. The Morgan fingerprint density at radius 1 is 1.32 bits per heavy atom. The summed E-state index contributed by atoms with van der Waals surface area (Å²) in [5, 5.41) is 19.7. The molecule has 0 unspecified atom stereocenters. The molecule has 28 heavy (non-hydrogen) atoms. The van der Waals surface area contributed by atoms with Crippen LogP contribution in [0.1, 0.15) is 15.9 Å². The summed E-state index contributed by atoms with van der Waals surface area (Å²) in [5.41, 5.74) is 1.05. The van der Waals surface area contributed by atoms with E-state index in [2.05, 4.69) is 26.1 Å². The zero-order chi connectivity index (χ0) is 20.3. The van der Waals surface area contributed by atoms with Crippen molar-refractivity contribution in [2.75, 3.05) is 7.05 Å². The van der Waals surface area contributed by atoms with Crippen LogP contribution in [0.25, 0.3) is 0 Å². The van der Waals surface area contributed by atoms with Crippen LogP contribution in [0.3, 0.4) is 0 Å². The summed E-state index contributed by atoms with van der Waals surface area (Å²) in [6.07, 6.45) is 1.52. The van der Waals surface area contributed by atoms with Crippen molar-refractivity contribution in [3.8, 4) is 0 Å². The van der Waals surface area contributed by atoms with Crippen LogP contribution in [0.4, 0.5) is 5.69 Å². The molecule has 0 saturated carbocycles. The average Bonchev–Trinajstić information content (AvgIpc) is 3.07. The summed E-state index contributed by atoms with van der Waals surface area (Å²) in [4.78, 5) is 25.7. The molecule has 0 bridgehead atoms. The Morgan fingerprint density at radius 2 is 2.07 bits per heavy atom. The van der Waals surface area contributed by atoms with Crippen molar-refractivity contribution in [2.45, 2.75) is 16.6 Å². The predicted molar refractivity (Wildman–Crippen MR) is 108 cm³/mol. The van der Waals surface area contributed by atoms with Crippen molar-refractivity contribution in [3.05, 3.63) is 74.5 Å². The Labute approximate surface area is 173 Å². The summed E-state index contributed by atoms with van der Waals surface area (Å²) >= 11 is 4.59. The first-order valence-corrected chi connectivity index (χ1v) is 9.77. The minimum absolute atomic E-state index is 0.145. The van der Waals surface area contributed by atoms with Gasteiger partial charge < -0.3 is 9.47 Å². The molecule has 8 nitrogen and oxygen atoms in total. The Bertz CT molecular complexity index is 1040. The molecule has 0 fully saturated rings. The highest BCUT2D eigenvalue weighted by Gasteiger charge is 2.21. The Hall–Kier alpha value is -2.72. The van der Waals surface area contributed by atoms with Crippen molar-refractivity contribution in [1.82, 2.24) is 19.7 Å². The maximum atomic E-state index is 12.8. The molecule has 1 heterocycles. The minimum atomic E-state index is -0.497. The van der Waals surface area contributed by atoms with E-state index in [1.165, 1.54) is 17.3 Å². The first-order valence-electron chi connectivity index (χ1n) is 8.16. The fourth-order valence-corrected chi connectivity index (χ4v) is 3.78. The Balaban J connectivity index is 1.84. The van der Waals surface area contributed by atoms with Crippen molar-refractivity contribution in [3.63, 3.8) is 0 Å². The summed E-state index contributed by atoms with van der Waals surface area (Å²) in [5.74, 6) is -0.297.